The van der Waals surface area contributed by atoms with Gasteiger partial charge in [0.1, 0.15) is 6.10 Å². The van der Waals surface area contributed by atoms with Gasteiger partial charge in [-0.05, 0) is 36.7 Å². The second-order valence-corrected chi connectivity index (χ2v) is 4.83. The van der Waals surface area contributed by atoms with Gasteiger partial charge in [-0.1, -0.05) is 0 Å². The minimum atomic E-state index is -0.468. The fourth-order valence-electron chi connectivity index (χ4n) is 1.25. The van der Waals surface area contributed by atoms with E-state index in [1.165, 1.54) is 0 Å². The summed E-state index contributed by atoms with van der Waals surface area (Å²) in [5, 5.41) is 10.4. The molecule has 1 saturated heterocycles. The second kappa shape index (κ2) is 5.09. The molecular weight excluding hydrogens is 260 g/mol. The molecular formula is C10H17BrN2O2. The molecule has 0 bridgehead atoms. The van der Waals surface area contributed by atoms with Gasteiger partial charge in [0.15, 0.2) is 5.79 Å². The van der Waals surface area contributed by atoms with E-state index in [0.29, 0.717) is 18.9 Å². The molecule has 1 atom stereocenters. The lowest BCUT2D eigenvalue weighted by atomic mass is 10.3. The van der Waals surface area contributed by atoms with Crippen LogP contribution in [-0.4, -0.2) is 30.8 Å². The highest BCUT2D eigenvalue weighted by molar-refractivity contribution is 9.12. The Labute approximate surface area is 98.7 Å². The summed E-state index contributed by atoms with van der Waals surface area (Å²) >= 11 is 3.28. The normalized spacial score (nSPS) is 25.3. The quantitative estimate of drug-likeness (QED) is 0.773. The van der Waals surface area contributed by atoms with Gasteiger partial charge in [0.2, 0.25) is 0 Å². The first kappa shape index (κ1) is 12.7. The molecule has 1 rings (SSSR count). The number of hydrogen-bond donors (Lipinski definition) is 2. The maximum absolute atomic E-state index is 7.34. The SMILES string of the molecule is CC(=N)/C(Br)=C\NCC1COC(C)(C)O1. The zero-order valence-corrected chi connectivity index (χ0v) is 10.8. The van der Waals surface area contributed by atoms with Crippen molar-refractivity contribution in [3.63, 3.8) is 0 Å². The Balaban J connectivity index is 2.28. The van der Waals surface area contributed by atoms with Crippen LogP contribution in [0.25, 0.3) is 0 Å². The first-order chi connectivity index (χ1) is 6.91. The van der Waals surface area contributed by atoms with E-state index in [1.54, 1.807) is 13.1 Å². The van der Waals surface area contributed by atoms with Gasteiger partial charge in [0, 0.05) is 18.5 Å². The van der Waals surface area contributed by atoms with Gasteiger partial charge in [-0.25, -0.2) is 0 Å². The predicted octanol–water partition coefficient (Wildman–Crippen LogP) is 2.00. The highest BCUT2D eigenvalue weighted by Gasteiger charge is 2.32. The highest BCUT2D eigenvalue weighted by atomic mass is 79.9. The zero-order valence-electron chi connectivity index (χ0n) is 9.26. The molecule has 1 aliphatic heterocycles. The van der Waals surface area contributed by atoms with Crippen molar-refractivity contribution >= 4 is 21.6 Å². The van der Waals surface area contributed by atoms with Crippen LogP contribution in [0.5, 0.6) is 0 Å². The van der Waals surface area contributed by atoms with Crippen molar-refractivity contribution in [2.75, 3.05) is 13.2 Å². The minimum absolute atomic E-state index is 0.0718. The topological polar surface area (TPSA) is 54.3 Å². The summed E-state index contributed by atoms with van der Waals surface area (Å²) in [4.78, 5) is 0. The summed E-state index contributed by atoms with van der Waals surface area (Å²) in [6, 6.07) is 0. The molecule has 1 unspecified atom stereocenters. The van der Waals surface area contributed by atoms with Crippen LogP contribution in [0.3, 0.4) is 0 Å². The Hall–Kier alpha value is -0.390. The molecule has 5 heteroatoms. The van der Waals surface area contributed by atoms with Crippen LogP contribution in [0, 0.1) is 5.41 Å². The lowest BCUT2D eigenvalue weighted by Crippen LogP contribution is -2.28. The van der Waals surface area contributed by atoms with Crippen molar-refractivity contribution in [2.45, 2.75) is 32.7 Å². The van der Waals surface area contributed by atoms with E-state index in [2.05, 4.69) is 21.2 Å². The minimum Gasteiger partial charge on any atom is -0.387 e. The van der Waals surface area contributed by atoms with Gasteiger partial charge in [0.25, 0.3) is 0 Å². The van der Waals surface area contributed by atoms with Crippen LogP contribution in [0.1, 0.15) is 20.8 Å². The molecule has 0 aliphatic carbocycles. The van der Waals surface area contributed by atoms with Gasteiger partial charge in [0.05, 0.1) is 11.1 Å². The summed E-state index contributed by atoms with van der Waals surface area (Å²) in [5.74, 6) is -0.468. The standard InChI is InChI=1S/C10H17BrN2O2/c1-7(12)9(11)5-13-4-8-6-14-10(2,3)15-8/h5,8,12-13H,4,6H2,1-3H3/b9-5+,12-7?. The van der Waals surface area contributed by atoms with Crippen LogP contribution in [0.15, 0.2) is 10.7 Å². The van der Waals surface area contributed by atoms with Gasteiger partial charge in [-0.15, -0.1) is 0 Å². The highest BCUT2D eigenvalue weighted by Crippen LogP contribution is 2.21. The molecule has 1 fully saturated rings. The molecule has 15 heavy (non-hydrogen) atoms. The molecule has 0 spiro atoms. The Bertz CT molecular complexity index is 277. The molecule has 86 valence electrons. The van der Waals surface area contributed by atoms with Crippen molar-refractivity contribution in [3.05, 3.63) is 10.7 Å². The Morgan fingerprint density at radius 2 is 2.33 bits per heavy atom. The maximum atomic E-state index is 7.34. The molecule has 0 saturated carbocycles. The molecule has 0 radical (unpaired) electrons. The van der Waals surface area contributed by atoms with E-state index in [1.807, 2.05) is 13.8 Å². The number of halogens is 1. The molecule has 2 N–H and O–H groups in total. The molecule has 4 nitrogen and oxygen atoms in total. The third-order valence-corrected chi connectivity index (χ3v) is 2.82. The van der Waals surface area contributed by atoms with Gasteiger partial charge >= 0.3 is 0 Å². The summed E-state index contributed by atoms with van der Waals surface area (Å²) < 4.78 is 11.8. The molecule has 0 aromatic heterocycles. The fourth-order valence-corrected chi connectivity index (χ4v) is 1.41. The van der Waals surface area contributed by atoms with E-state index in [4.69, 9.17) is 14.9 Å². The number of ether oxygens (including phenoxy) is 2. The van der Waals surface area contributed by atoms with Crippen molar-refractivity contribution in [1.82, 2.24) is 5.32 Å². The molecule has 0 amide bonds. The van der Waals surface area contributed by atoms with Crippen LogP contribution in [0.2, 0.25) is 0 Å². The van der Waals surface area contributed by atoms with Gasteiger partial charge < -0.3 is 20.2 Å². The lowest BCUT2D eigenvalue weighted by Gasteiger charge is -2.17. The van der Waals surface area contributed by atoms with Crippen LogP contribution in [-0.2, 0) is 9.47 Å². The van der Waals surface area contributed by atoms with E-state index >= 15 is 0 Å². The van der Waals surface area contributed by atoms with Gasteiger partial charge in [-0.3, -0.25) is 0 Å². The van der Waals surface area contributed by atoms with Crippen molar-refractivity contribution in [1.29, 1.82) is 5.41 Å². The third kappa shape index (κ3) is 4.32. The molecule has 1 heterocycles. The Kier molecular flexibility index (Phi) is 4.31. The smallest absolute Gasteiger partial charge is 0.163 e. The zero-order chi connectivity index (χ0) is 11.5. The molecule has 0 aromatic rings. The number of nitrogens with one attached hydrogen (secondary N) is 2. The van der Waals surface area contributed by atoms with E-state index in [9.17, 15) is 0 Å². The second-order valence-electron chi connectivity index (χ2n) is 3.98. The average Bonchev–Trinajstić information content (AvgIpc) is 2.45. The maximum Gasteiger partial charge on any atom is 0.163 e. The fraction of sp³-hybridized carbons (Fsp3) is 0.700. The summed E-state index contributed by atoms with van der Waals surface area (Å²) in [5.41, 5.74) is 0.492. The van der Waals surface area contributed by atoms with Crippen LogP contribution < -0.4 is 5.32 Å². The molecule has 1 aliphatic rings. The Morgan fingerprint density at radius 3 is 2.80 bits per heavy atom. The summed E-state index contributed by atoms with van der Waals surface area (Å²) in [6.07, 6.45) is 1.83. The third-order valence-electron chi connectivity index (χ3n) is 2.00. The van der Waals surface area contributed by atoms with Crippen molar-refractivity contribution < 1.29 is 9.47 Å². The summed E-state index contributed by atoms with van der Waals surface area (Å²) in [7, 11) is 0. The number of rotatable bonds is 4. The van der Waals surface area contributed by atoms with E-state index < -0.39 is 5.79 Å². The largest absolute Gasteiger partial charge is 0.387 e. The summed E-state index contributed by atoms with van der Waals surface area (Å²) in [6.45, 7) is 6.82. The molecule has 0 aromatic carbocycles. The van der Waals surface area contributed by atoms with Gasteiger partial charge in [-0.2, -0.15) is 0 Å². The lowest BCUT2D eigenvalue weighted by molar-refractivity contribution is -0.137. The first-order valence-corrected chi connectivity index (χ1v) is 5.66. The van der Waals surface area contributed by atoms with Crippen molar-refractivity contribution in [3.8, 4) is 0 Å². The van der Waals surface area contributed by atoms with Crippen LogP contribution >= 0.6 is 15.9 Å². The number of hydrogen-bond acceptors (Lipinski definition) is 4. The van der Waals surface area contributed by atoms with E-state index in [0.717, 1.165) is 4.48 Å². The predicted molar refractivity (Wildman–Crippen MR) is 63.3 cm³/mol. The average molecular weight is 277 g/mol. The first-order valence-electron chi connectivity index (χ1n) is 4.87. The van der Waals surface area contributed by atoms with Crippen molar-refractivity contribution in [2.24, 2.45) is 0 Å². The van der Waals surface area contributed by atoms with Crippen LogP contribution in [0.4, 0.5) is 0 Å². The van der Waals surface area contributed by atoms with E-state index in [-0.39, 0.29) is 6.10 Å². The Morgan fingerprint density at radius 1 is 1.67 bits per heavy atom. The number of allylic oxidation sites excluding steroid dienone is 1. The monoisotopic (exact) mass is 276 g/mol.